The molecule has 94 valence electrons. The number of thioether (sulfide) groups is 1. The molecule has 2 unspecified atom stereocenters. The molecule has 0 aromatic carbocycles. The van der Waals surface area contributed by atoms with E-state index in [-0.39, 0.29) is 0 Å². The monoisotopic (exact) mass is 251 g/mol. The smallest absolute Gasteiger partial charge is 0.188 e. The second-order valence-corrected chi connectivity index (χ2v) is 6.08. The molecule has 1 aromatic heterocycles. The van der Waals surface area contributed by atoms with E-state index < -0.39 is 0 Å². The summed E-state index contributed by atoms with van der Waals surface area (Å²) in [5.41, 5.74) is 7.96. The Balaban J connectivity index is 2.08. The molecule has 1 aromatic rings. The third-order valence-corrected chi connectivity index (χ3v) is 4.68. The predicted octanol–water partition coefficient (Wildman–Crippen LogP) is 2.70. The van der Waals surface area contributed by atoms with Crippen molar-refractivity contribution in [2.45, 2.75) is 49.9 Å². The van der Waals surface area contributed by atoms with Crippen molar-refractivity contribution < 1.29 is 0 Å². The van der Waals surface area contributed by atoms with Gasteiger partial charge in [-0.1, -0.05) is 24.6 Å². The Bertz CT molecular complexity index is 361. The highest BCUT2D eigenvalue weighted by atomic mass is 32.2. The van der Waals surface area contributed by atoms with Crippen molar-refractivity contribution in [3.05, 3.63) is 17.5 Å². The minimum Gasteiger partial charge on any atom is -0.330 e. The van der Waals surface area contributed by atoms with Crippen LogP contribution >= 0.6 is 11.8 Å². The number of hydrogen-bond donors (Lipinski definition) is 1. The Morgan fingerprint density at radius 2 is 1.88 bits per heavy atom. The molecule has 2 rings (SSSR count). The number of aryl methyl sites for hydroxylation is 2. The molecule has 0 amide bonds. The summed E-state index contributed by atoms with van der Waals surface area (Å²) in [5.74, 6) is 0.637. The Kier molecular flexibility index (Phi) is 4.40. The van der Waals surface area contributed by atoms with Gasteiger partial charge in [0.15, 0.2) is 5.16 Å². The average Bonchev–Trinajstić information content (AvgIpc) is 2.28. The Labute approximate surface area is 108 Å². The number of nitrogens with zero attached hydrogens (tertiary/aromatic N) is 2. The zero-order valence-electron chi connectivity index (χ0n) is 10.6. The highest BCUT2D eigenvalue weighted by Gasteiger charge is 2.25. The van der Waals surface area contributed by atoms with Crippen molar-refractivity contribution in [1.29, 1.82) is 0 Å². The van der Waals surface area contributed by atoms with Crippen molar-refractivity contribution in [1.82, 2.24) is 9.97 Å². The van der Waals surface area contributed by atoms with E-state index in [1.807, 2.05) is 31.7 Å². The van der Waals surface area contributed by atoms with Gasteiger partial charge < -0.3 is 5.73 Å². The maximum atomic E-state index is 5.85. The van der Waals surface area contributed by atoms with E-state index in [1.54, 1.807) is 0 Å². The third kappa shape index (κ3) is 3.42. The number of rotatable bonds is 3. The summed E-state index contributed by atoms with van der Waals surface area (Å²) >= 11 is 1.82. The number of aromatic nitrogens is 2. The van der Waals surface area contributed by atoms with Crippen LogP contribution in [-0.4, -0.2) is 21.8 Å². The fourth-order valence-corrected chi connectivity index (χ4v) is 3.87. The van der Waals surface area contributed by atoms with E-state index in [1.165, 1.54) is 25.7 Å². The molecule has 2 atom stereocenters. The largest absolute Gasteiger partial charge is 0.330 e. The van der Waals surface area contributed by atoms with Gasteiger partial charge in [-0.3, -0.25) is 0 Å². The highest BCUT2D eigenvalue weighted by molar-refractivity contribution is 7.99. The predicted molar refractivity (Wildman–Crippen MR) is 72.2 cm³/mol. The first-order chi connectivity index (χ1) is 8.19. The summed E-state index contributed by atoms with van der Waals surface area (Å²) in [6.07, 6.45) is 5.16. The molecule has 3 nitrogen and oxygen atoms in total. The van der Waals surface area contributed by atoms with Crippen molar-refractivity contribution in [3.8, 4) is 0 Å². The van der Waals surface area contributed by atoms with Crippen molar-refractivity contribution in [3.63, 3.8) is 0 Å². The van der Waals surface area contributed by atoms with Crippen LogP contribution in [0.15, 0.2) is 11.2 Å². The first-order valence-electron chi connectivity index (χ1n) is 6.38. The second-order valence-electron chi connectivity index (χ2n) is 4.87. The quantitative estimate of drug-likeness (QED) is 0.839. The normalized spacial score (nSPS) is 24.9. The summed E-state index contributed by atoms with van der Waals surface area (Å²) in [5, 5.41) is 1.53. The standard InChI is InChI=1S/C13H21N3S/c1-9-7-10(2)16-13(15-9)17-12-6-4-3-5-11(12)8-14/h7,11-12H,3-6,8,14H2,1-2H3. The summed E-state index contributed by atoms with van der Waals surface area (Å²) in [6.45, 7) is 4.85. The molecule has 1 heterocycles. The molecule has 0 aliphatic heterocycles. The van der Waals surface area contributed by atoms with Crippen LogP contribution in [0.4, 0.5) is 0 Å². The molecule has 1 saturated carbocycles. The lowest BCUT2D eigenvalue weighted by molar-refractivity contribution is 0.377. The van der Waals surface area contributed by atoms with Gasteiger partial charge in [-0.05, 0) is 45.2 Å². The first kappa shape index (κ1) is 12.8. The fraction of sp³-hybridized carbons (Fsp3) is 0.692. The van der Waals surface area contributed by atoms with Gasteiger partial charge in [0, 0.05) is 16.6 Å². The van der Waals surface area contributed by atoms with E-state index >= 15 is 0 Å². The van der Waals surface area contributed by atoms with E-state index in [2.05, 4.69) is 9.97 Å². The Morgan fingerprint density at radius 1 is 1.24 bits per heavy atom. The van der Waals surface area contributed by atoms with Gasteiger partial charge in [-0.25, -0.2) is 9.97 Å². The SMILES string of the molecule is Cc1cc(C)nc(SC2CCCCC2CN)n1. The van der Waals surface area contributed by atoms with Crippen LogP contribution in [0.1, 0.15) is 37.1 Å². The van der Waals surface area contributed by atoms with Gasteiger partial charge in [0.1, 0.15) is 0 Å². The molecular weight excluding hydrogens is 230 g/mol. The van der Waals surface area contributed by atoms with Gasteiger partial charge in [-0.2, -0.15) is 0 Å². The molecule has 1 fully saturated rings. The molecule has 0 bridgehead atoms. The minimum atomic E-state index is 0.606. The van der Waals surface area contributed by atoms with Crippen LogP contribution in [0.5, 0.6) is 0 Å². The third-order valence-electron chi connectivity index (χ3n) is 3.36. The fourth-order valence-electron chi connectivity index (χ4n) is 2.48. The van der Waals surface area contributed by atoms with Crippen molar-refractivity contribution in [2.24, 2.45) is 11.7 Å². The van der Waals surface area contributed by atoms with Crippen LogP contribution in [0.3, 0.4) is 0 Å². The maximum absolute atomic E-state index is 5.85. The van der Waals surface area contributed by atoms with Crippen LogP contribution < -0.4 is 5.73 Å². The minimum absolute atomic E-state index is 0.606. The van der Waals surface area contributed by atoms with E-state index in [0.29, 0.717) is 11.2 Å². The Hall–Kier alpha value is -0.610. The summed E-state index contributed by atoms with van der Waals surface area (Å²) in [7, 11) is 0. The number of nitrogens with two attached hydrogens (primary N) is 1. The van der Waals surface area contributed by atoms with Crippen LogP contribution in [0.25, 0.3) is 0 Å². The highest BCUT2D eigenvalue weighted by Crippen LogP contribution is 2.35. The second kappa shape index (κ2) is 5.83. The molecule has 17 heavy (non-hydrogen) atoms. The number of hydrogen-bond acceptors (Lipinski definition) is 4. The summed E-state index contributed by atoms with van der Waals surface area (Å²) in [4.78, 5) is 9.02. The van der Waals surface area contributed by atoms with Gasteiger partial charge >= 0.3 is 0 Å². The van der Waals surface area contributed by atoms with Crippen LogP contribution in [0.2, 0.25) is 0 Å². The van der Waals surface area contributed by atoms with Gasteiger partial charge in [0.2, 0.25) is 0 Å². The van der Waals surface area contributed by atoms with E-state index in [9.17, 15) is 0 Å². The molecule has 1 aliphatic rings. The first-order valence-corrected chi connectivity index (χ1v) is 7.26. The lowest BCUT2D eigenvalue weighted by Crippen LogP contribution is -2.28. The molecule has 0 spiro atoms. The summed E-state index contributed by atoms with van der Waals surface area (Å²) < 4.78 is 0. The molecule has 4 heteroatoms. The Morgan fingerprint density at radius 3 is 2.53 bits per heavy atom. The molecule has 0 saturated heterocycles. The molecule has 0 radical (unpaired) electrons. The topological polar surface area (TPSA) is 51.8 Å². The zero-order valence-corrected chi connectivity index (χ0v) is 11.5. The van der Waals surface area contributed by atoms with Crippen LogP contribution in [0, 0.1) is 19.8 Å². The summed E-state index contributed by atoms with van der Waals surface area (Å²) in [6, 6.07) is 2.02. The van der Waals surface area contributed by atoms with Gasteiger partial charge in [0.25, 0.3) is 0 Å². The van der Waals surface area contributed by atoms with Crippen molar-refractivity contribution in [2.75, 3.05) is 6.54 Å². The van der Waals surface area contributed by atoms with Crippen LogP contribution in [-0.2, 0) is 0 Å². The zero-order chi connectivity index (χ0) is 12.3. The maximum Gasteiger partial charge on any atom is 0.188 e. The van der Waals surface area contributed by atoms with Crippen molar-refractivity contribution >= 4 is 11.8 Å². The molecular formula is C13H21N3S. The molecule has 1 aliphatic carbocycles. The van der Waals surface area contributed by atoms with E-state index in [4.69, 9.17) is 5.73 Å². The average molecular weight is 251 g/mol. The van der Waals surface area contributed by atoms with Gasteiger partial charge in [0.05, 0.1) is 0 Å². The lowest BCUT2D eigenvalue weighted by atomic mass is 9.89. The van der Waals surface area contributed by atoms with E-state index in [0.717, 1.165) is 23.1 Å². The lowest BCUT2D eigenvalue weighted by Gasteiger charge is -2.29. The molecule has 2 N–H and O–H groups in total. The van der Waals surface area contributed by atoms with Gasteiger partial charge in [-0.15, -0.1) is 0 Å².